The highest BCUT2D eigenvalue weighted by atomic mass is 16.5. The molecular formula is C11H12N4O2. The second-order valence-electron chi connectivity index (χ2n) is 3.33. The number of carbonyl (C=O) groups excluding carboxylic acids is 1. The number of esters is 1. The van der Waals surface area contributed by atoms with Gasteiger partial charge in [-0.3, -0.25) is 4.68 Å². The normalized spacial score (nSPS) is 10.2. The Bertz CT molecular complexity index is 522. The Morgan fingerprint density at radius 1 is 1.41 bits per heavy atom. The lowest BCUT2D eigenvalue weighted by molar-refractivity contribution is 0.0513. The zero-order valence-electron chi connectivity index (χ0n) is 9.62. The molecule has 0 atom stereocenters. The van der Waals surface area contributed by atoms with Crippen LogP contribution in [0.4, 0.5) is 0 Å². The van der Waals surface area contributed by atoms with Crippen molar-refractivity contribution >= 4 is 5.97 Å². The van der Waals surface area contributed by atoms with Gasteiger partial charge >= 0.3 is 5.97 Å². The first kappa shape index (κ1) is 11.3. The van der Waals surface area contributed by atoms with Crippen LogP contribution in [0.1, 0.15) is 17.4 Å². The summed E-state index contributed by atoms with van der Waals surface area (Å²) in [7, 11) is 1.68. The van der Waals surface area contributed by atoms with Gasteiger partial charge in [0.2, 0.25) is 0 Å². The predicted molar refractivity (Wildman–Crippen MR) is 60.2 cm³/mol. The third kappa shape index (κ3) is 2.30. The van der Waals surface area contributed by atoms with E-state index in [9.17, 15) is 4.79 Å². The monoisotopic (exact) mass is 232 g/mol. The zero-order chi connectivity index (χ0) is 12.3. The average Bonchev–Trinajstić information content (AvgIpc) is 2.73. The van der Waals surface area contributed by atoms with Gasteiger partial charge in [-0.05, 0) is 13.0 Å². The molecule has 0 aliphatic carbocycles. The van der Waals surface area contributed by atoms with Crippen molar-refractivity contribution in [2.45, 2.75) is 6.92 Å². The Morgan fingerprint density at radius 2 is 2.12 bits per heavy atom. The van der Waals surface area contributed by atoms with E-state index in [2.05, 4.69) is 15.1 Å². The Morgan fingerprint density at radius 3 is 2.76 bits per heavy atom. The topological polar surface area (TPSA) is 69.9 Å². The van der Waals surface area contributed by atoms with Gasteiger partial charge in [-0.2, -0.15) is 5.10 Å². The van der Waals surface area contributed by atoms with E-state index in [0.717, 1.165) is 0 Å². The van der Waals surface area contributed by atoms with Gasteiger partial charge in [-0.1, -0.05) is 0 Å². The van der Waals surface area contributed by atoms with Crippen molar-refractivity contribution in [1.82, 2.24) is 19.7 Å². The minimum Gasteiger partial charge on any atom is -0.461 e. The first-order valence-corrected chi connectivity index (χ1v) is 5.21. The Labute approximate surface area is 98.3 Å². The van der Waals surface area contributed by atoms with Gasteiger partial charge in [0.25, 0.3) is 0 Å². The maximum absolute atomic E-state index is 11.6. The van der Waals surface area contributed by atoms with Crippen molar-refractivity contribution in [3.8, 4) is 11.5 Å². The van der Waals surface area contributed by atoms with Crippen molar-refractivity contribution in [3.63, 3.8) is 0 Å². The highest BCUT2D eigenvalue weighted by molar-refractivity contribution is 5.88. The Hall–Kier alpha value is -2.24. The highest BCUT2D eigenvalue weighted by Gasteiger charge is 2.15. The van der Waals surface area contributed by atoms with Crippen LogP contribution < -0.4 is 0 Å². The van der Waals surface area contributed by atoms with Crippen LogP contribution in [-0.2, 0) is 11.8 Å². The smallest absolute Gasteiger partial charge is 0.356 e. The molecule has 2 aromatic rings. The van der Waals surface area contributed by atoms with Gasteiger partial charge < -0.3 is 4.74 Å². The Kier molecular flexibility index (Phi) is 3.13. The van der Waals surface area contributed by atoms with Crippen molar-refractivity contribution < 1.29 is 9.53 Å². The number of ether oxygens (including phenoxy) is 1. The molecule has 0 saturated heterocycles. The van der Waals surface area contributed by atoms with Crippen molar-refractivity contribution in [2.75, 3.05) is 6.61 Å². The number of aromatic nitrogens is 4. The van der Waals surface area contributed by atoms with Crippen LogP contribution in [0.2, 0.25) is 0 Å². The molecule has 6 heteroatoms. The average molecular weight is 232 g/mol. The van der Waals surface area contributed by atoms with E-state index in [1.807, 2.05) is 0 Å². The third-order valence-corrected chi connectivity index (χ3v) is 2.16. The van der Waals surface area contributed by atoms with Crippen LogP contribution >= 0.6 is 0 Å². The summed E-state index contributed by atoms with van der Waals surface area (Å²) >= 11 is 0. The maximum Gasteiger partial charge on any atom is 0.356 e. The number of nitrogens with zero attached hydrogens (tertiary/aromatic N) is 4. The quantitative estimate of drug-likeness (QED) is 0.740. The first-order chi connectivity index (χ1) is 8.22. The van der Waals surface area contributed by atoms with Crippen molar-refractivity contribution in [2.24, 2.45) is 7.05 Å². The third-order valence-electron chi connectivity index (χ3n) is 2.16. The number of carbonyl (C=O) groups is 1. The molecule has 6 nitrogen and oxygen atoms in total. The number of hydrogen-bond donors (Lipinski definition) is 0. The van der Waals surface area contributed by atoms with Gasteiger partial charge in [-0.25, -0.2) is 14.8 Å². The molecule has 0 unspecified atom stereocenters. The molecule has 2 rings (SSSR count). The second-order valence-corrected chi connectivity index (χ2v) is 3.33. The molecule has 0 fully saturated rings. The van der Waals surface area contributed by atoms with E-state index in [4.69, 9.17) is 4.74 Å². The predicted octanol–water partition coefficient (Wildman–Crippen LogP) is 1.05. The van der Waals surface area contributed by atoms with Crippen LogP contribution in [0.15, 0.2) is 24.5 Å². The lowest BCUT2D eigenvalue weighted by Crippen LogP contribution is -2.10. The first-order valence-electron chi connectivity index (χ1n) is 5.21. The summed E-state index contributed by atoms with van der Waals surface area (Å²) in [5.74, 6) is 0.0864. The van der Waals surface area contributed by atoms with Crippen LogP contribution in [-0.4, -0.2) is 32.3 Å². The largest absolute Gasteiger partial charge is 0.461 e. The molecule has 0 aliphatic heterocycles. The van der Waals surface area contributed by atoms with Crippen LogP contribution in [0.25, 0.3) is 11.5 Å². The van der Waals surface area contributed by atoms with Crippen molar-refractivity contribution in [3.05, 3.63) is 30.2 Å². The molecular weight excluding hydrogens is 220 g/mol. The fourth-order valence-electron chi connectivity index (χ4n) is 1.40. The molecule has 2 aromatic heterocycles. The summed E-state index contributed by atoms with van der Waals surface area (Å²) < 4.78 is 6.38. The van der Waals surface area contributed by atoms with E-state index in [-0.39, 0.29) is 0 Å². The van der Waals surface area contributed by atoms with Crippen molar-refractivity contribution in [1.29, 1.82) is 0 Å². The standard InChI is InChI=1S/C11H12N4O2/c1-3-17-11(16)9-7-8(14-15(9)2)10-12-5-4-6-13-10/h4-7H,3H2,1-2H3. The van der Waals surface area contributed by atoms with Gasteiger partial charge in [-0.15, -0.1) is 0 Å². The Balaban J connectivity index is 2.34. The molecule has 0 radical (unpaired) electrons. The molecule has 0 spiro atoms. The molecule has 17 heavy (non-hydrogen) atoms. The van der Waals surface area contributed by atoms with E-state index in [1.165, 1.54) is 4.68 Å². The van der Waals surface area contributed by atoms with Crippen LogP contribution in [0.3, 0.4) is 0 Å². The fraction of sp³-hybridized carbons (Fsp3) is 0.273. The number of rotatable bonds is 3. The highest BCUT2D eigenvalue weighted by Crippen LogP contribution is 2.14. The lowest BCUT2D eigenvalue weighted by Gasteiger charge is -1.99. The van der Waals surface area contributed by atoms with Crippen LogP contribution in [0.5, 0.6) is 0 Å². The molecule has 0 amide bonds. The number of aryl methyl sites for hydroxylation is 1. The molecule has 0 N–H and O–H groups in total. The van der Waals surface area contributed by atoms with E-state index in [0.29, 0.717) is 23.8 Å². The van der Waals surface area contributed by atoms with E-state index < -0.39 is 5.97 Å². The van der Waals surface area contributed by atoms with E-state index >= 15 is 0 Å². The summed E-state index contributed by atoms with van der Waals surface area (Å²) in [5, 5.41) is 4.18. The van der Waals surface area contributed by atoms with E-state index in [1.54, 1.807) is 38.5 Å². The summed E-state index contributed by atoms with van der Waals surface area (Å²) in [6, 6.07) is 3.34. The van der Waals surface area contributed by atoms with Crippen LogP contribution in [0, 0.1) is 0 Å². The summed E-state index contributed by atoms with van der Waals surface area (Å²) in [6.45, 7) is 2.09. The van der Waals surface area contributed by atoms with Gasteiger partial charge in [0.15, 0.2) is 5.82 Å². The SMILES string of the molecule is CCOC(=O)c1cc(-c2ncccn2)nn1C. The molecule has 0 aromatic carbocycles. The molecule has 0 bridgehead atoms. The fourth-order valence-corrected chi connectivity index (χ4v) is 1.40. The van der Waals surface area contributed by atoms with Gasteiger partial charge in [0.05, 0.1) is 6.61 Å². The minimum absolute atomic E-state index is 0.335. The second kappa shape index (κ2) is 4.73. The summed E-state index contributed by atoms with van der Waals surface area (Å²) in [6.07, 6.45) is 3.25. The molecule has 0 saturated carbocycles. The molecule has 0 aliphatic rings. The molecule has 2 heterocycles. The summed E-state index contributed by atoms with van der Waals surface area (Å²) in [4.78, 5) is 19.7. The lowest BCUT2D eigenvalue weighted by atomic mass is 10.3. The minimum atomic E-state index is -0.398. The van der Waals surface area contributed by atoms with Gasteiger partial charge in [0, 0.05) is 25.5 Å². The maximum atomic E-state index is 11.6. The number of hydrogen-bond acceptors (Lipinski definition) is 5. The summed E-state index contributed by atoms with van der Waals surface area (Å²) in [5.41, 5.74) is 0.936. The molecule has 88 valence electrons. The zero-order valence-corrected chi connectivity index (χ0v) is 9.62. The van der Waals surface area contributed by atoms with Gasteiger partial charge in [0.1, 0.15) is 11.4 Å².